The molecular formula is C57H93NO5. The van der Waals surface area contributed by atoms with Gasteiger partial charge in [-0.2, -0.15) is 0 Å². The Balaban J connectivity index is 4.75. The quantitative estimate of drug-likeness (QED) is 0.0322. The molecule has 0 aromatic carbocycles. The first-order chi connectivity index (χ1) is 31.0. The molecule has 0 saturated heterocycles. The van der Waals surface area contributed by atoms with E-state index >= 15 is 0 Å². The Kier molecular flexibility index (Phi) is 46.4. The van der Waals surface area contributed by atoms with Crippen LogP contribution in [-0.4, -0.2) is 46.9 Å². The highest BCUT2D eigenvalue weighted by Crippen LogP contribution is 2.16. The van der Waals surface area contributed by atoms with E-state index in [4.69, 9.17) is 4.74 Å². The van der Waals surface area contributed by atoms with E-state index < -0.39 is 18.2 Å². The van der Waals surface area contributed by atoms with Crippen molar-refractivity contribution >= 4 is 11.9 Å². The minimum Gasteiger partial charge on any atom is -0.462 e. The number of ether oxygens (including phenoxy) is 1. The summed E-state index contributed by atoms with van der Waals surface area (Å²) in [5.41, 5.74) is 0. The first kappa shape index (κ1) is 59.3. The van der Waals surface area contributed by atoms with E-state index in [9.17, 15) is 19.8 Å². The molecule has 0 saturated carbocycles. The van der Waals surface area contributed by atoms with Crippen LogP contribution in [0, 0.1) is 0 Å². The standard InChI is InChI=1S/C57H93NO5/c1-4-7-10-13-16-19-22-25-26-27-28-29-32-35-38-41-44-47-50-57(62)63-53(48-45-42-39-36-33-30-23-20-17-14-11-8-5-2)51-56(61)58-54(52-59)55(60)49-46-43-40-37-34-31-24-21-18-15-12-9-6-3/h8,10-11,13-14,16-17,19-20,22-23,25-30,33,36,39,53-55,59-60H,4-7,9,12,15,18,21,24,31-32,34-35,37-38,40-52H2,1-3H3,(H,58,61)/b11-8+,13-10+,17-14+,19-16+,23-20-,25-22+,27-26+,29-28+,33-30-,39-36+. The van der Waals surface area contributed by atoms with Gasteiger partial charge >= 0.3 is 5.97 Å². The molecule has 1 amide bonds. The van der Waals surface area contributed by atoms with Crippen LogP contribution in [0.1, 0.15) is 201 Å². The number of unbranched alkanes of at least 4 members (excludes halogenated alkanes) is 19. The smallest absolute Gasteiger partial charge is 0.306 e. The van der Waals surface area contributed by atoms with E-state index in [1.165, 1.54) is 70.6 Å². The monoisotopic (exact) mass is 872 g/mol. The largest absolute Gasteiger partial charge is 0.462 e. The van der Waals surface area contributed by atoms with E-state index in [-0.39, 0.29) is 24.9 Å². The number of carbonyl (C=O) groups excluding carboxylic acids is 2. The molecule has 0 radical (unpaired) electrons. The summed E-state index contributed by atoms with van der Waals surface area (Å²) in [6, 6.07) is -0.738. The van der Waals surface area contributed by atoms with Crippen LogP contribution < -0.4 is 5.32 Å². The van der Waals surface area contributed by atoms with Gasteiger partial charge in [-0.3, -0.25) is 9.59 Å². The van der Waals surface area contributed by atoms with Crippen molar-refractivity contribution in [1.29, 1.82) is 0 Å². The SMILES string of the molecule is CC/C=C/C=C/C=C\C=C/C=C/CCCC(CC(=O)NC(CO)C(O)CCCCCCCCCCCCCCC)OC(=O)CCCCCCC/C=C/C=C/C=C/C=C/C=C/CCC. The summed E-state index contributed by atoms with van der Waals surface area (Å²) in [7, 11) is 0. The molecule has 356 valence electrons. The van der Waals surface area contributed by atoms with Crippen molar-refractivity contribution < 1.29 is 24.5 Å². The fourth-order valence-corrected chi connectivity index (χ4v) is 6.96. The number of aliphatic hydroxyl groups excluding tert-OH is 2. The third-order valence-electron chi connectivity index (χ3n) is 10.8. The van der Waals surface area contributed by atoms with Crippen LogP contribution in [0.5, 0.6) is 0 Å². The van der Waals surface area contributed by atoms with Crippen molar-refractivity contribution in [2.24, 2.45) is 0 Å². The number of amides is 1. The maximum Gasteiger partial charge on any atom is 0.306 e. The molecule has 6 nitrogen and oxygen atoms in total. The van der Waals surface area contributed by atoms with Gasteiger partial charge in [0, 0.05) is 6.42 Å². The lowest BCUT2D eigenvalue weighted by Crippen LogP contribution is -2.46. The van der Waals surface area contributed by atoms with Gasteiger partial charge < -0.3 is 20.3 Å². The summed E-state index contributed by atoms with van der Waals surface area (Å²) in [6.07, 6.45) is 68.2. The first-order valence-electron chi connectivity index (χ1n) is 25.4. The molecular weight excluding hydrogens is 779 g/mol. The molecule has 0 heterocycles. The lowest BCUT2D eigenvalue weighted by Gasteiger charge is -2.24. The Hall–Kier alpha value is -3.74. The Morgan fingerprint density at radius 3 is 1.40 bits per heavy atom. The fourth-order valence-electron chi connectivity index (χ4n) is 6.96. The van der Waals surface area contributed by atoms with Crippen molar-refractivity contribution in [3.05, 3.63) is 122 Å². The highest BCUT2D eigenvalue weighted by atomic mass is 16.5. The number of esters is 1. The second-order valence-electron chi connectivity index (χ2n) is 16.7. The molecule has 0 aromatic rings. The van der Waals surface area contributed by atoms with Crippen LogP contribution in [0.4, 0.5) is 0 Å². The van der Waals surface area contributed by atoms with Gasteiger partial charge in [0.25, 0.3) is 0 Å². The van der Waals surface area contributed by atoms with Crippen molar-refractivity contribution in [3.63, 3.8) is 0 Å². The minimum absolute atomic E-state index is 0.00976. The van der Waals surface area contributed by atoms with Crippen molar-refractivity contribution in [1.82, 2.24) is 5.32 Å². The molecule has 63 heavy (non-hydrogen) atoms. The summed E-state index contributed by atoms with van der Waals surface area (Å²) in [5.74, 6) is -0.588. The fraction of sp³-hybridized carbons (Fsp3) is 0.614. The van der Waals surface area contributed by atoms with Crippen LogP contribution in [0.25, 0.3) is 0 Å². The molecule has 3 atom stereocenters. The normalized spacial score (nSPS) is 14.3. The highest BCUT2D eigenvalue weighted by Gasteiger charge is 2.24. The Bertz CT molecular complexity index is 1350. The number of aliphatic hydroxyl groups is 2. The summed E-state index contributed by atoms with van der Waals surface area (Å²) < 4.78 is 5.88. The summed E-state index contributed by atoms with van der Waals surface area (Å²) in [6.45, 7) is 6.21. The first-order valence-corrected chi connectivity index (χ1v) is 25.4. The second-order valence-corrected chi connectivity index (χ2v) is 16.7. The molecule has 0 aliphatic rings. The molecule has 0 rings (SSSR count). The lowest BCUT2D eigenvalue weighted by atomic mass is 10.0. The molecule has 3 N–H and O–H groups in total. The van der Waals surface area contributed by atoms with Crippen LogP contribution in [-0.2, 0) is 14.3 Å². The third kappa shape index (κ3) is 44.7. The minimum atomic E-state index is -0.819. The van der Waals surface area contributed by atoms with Crippen molar-refractivity contribution in [2.45, 2.75) is 219 Å². The Labute approximate surface area is 387 Å². The molecule has 0 spiro atoms. The van der Waals surface area contributed by atoms with Gasteiger partial charge in [-0.1, -0.05) is 251 Å². The van der Waals surface area contributed by atoms with Gasteiger partial charge in [0.1, 0.15) is 6.10 Å². The van der Waals surface area contributed by atoms with Gasteiger partial charge in [-0.05, 0) is 57.8 Å². The number of hydrogen-bond donors (Lipinski definition) is 3. The van der Waals surface area contributed by atoms with Crippen LogP contribution in [0.3, 0.4) is 0 Å². The topological polar surface area (TPSA) is 95.9 Å². The third-order valence-corrected chi connectivity index (χ3v) is 10.8. The Morgan fingerprint density at radius 2 is 0.905 bits per heavy atom. The van der Waals surface area contributed by atoms with Crippen molar-refractivity contribution in [2.75, 3.05) is 6.61 Å². The van der Waals surface area contributed by atoms with Gasteiger partial charge in [0.2, 0.25) is 5.91 Å². The van der Waals surface area contributed by atoms with E-state index in [0.29, 0.717) is 19.3 Å². The summed E-state index contributed by atoms with van der Waals surface area (Å²) in [4.78, 5) is 26.1. The molecule has 0 bridgehead atoms. The van der Waals surface area contributed by atoms with Crippen LogP contribution in [0.2, 0.25) is 0 Å². The van der Waals surface area contributed by atoms with Gasteiger partial charge in [-0.25, -0.2) is 0 Å². The maximum absolute atomic E-state index is 13.2. The number of carbonyl (C=O) groups is 2. The van der Waals surface area contributed by atoms with Gasteiger partial charge in [0.05, 0.1) is 25.2 Å². The van der Waals surface area contributed by atoms with E-state index in [1.807, 2.05) is 72.9 Å². The summed E-state index contributed by atoms with van der Waals surface area (Å²) >= 11 is 0. The molecule has 3 unspecified atom stereocenters. The zero-order chi connectivity index (χ0) is 45.9. The van der Waals surface area contributed by atoms with Crippen molar-refractivity contribution in [3.8, 4) is 0 Å². The average molecular weight is 872 g/mol. The lowest BCUT2D eigenvalue weighted by molar-refractivity contribution is -0.151. The number of rotatable bonds is 43. The second kappa shape index (κ2) is 49.3. The molecule has 0 aromatic heterocycles. The molecule has 6 heteroatoms. The molecule has 0 aliphatic heterocycles. The van der Waals surface area contributed by atoms with Gasteiger partial charge in [-0.15, -0.1) is 0 Å². The number of allylic oxidation sites excluding steroid dienone is 20. The van der Waals surface area contributed by atoms with E-state index in [1.54, 1.807) is 0 Å². The molecule has 0 fully saturated rings. The van der Waals surface area contributed by atoms with E-state index in [2.05, 4.69) is 74.7 Å². The zero-order valence-electron chi connectivity index (χ0n) is 40.4. The predicted octanol–water partition coefficient (Wildman–Crippen LogP) is 15.3. The van der Waals surface area contributed by atoms with Crippen LogP contribution >= 0.6 is 0 Å². The maximum atomic E-state index is 13.2. The average Bonchev–Trinajstić information content (AvgIpc) is 3.28. The molecule has 0 aliphatic carbocycles. The Morgan fingerprint density at radius 1 is 0.476 bits per heavy atom. The van der Waals surface area contributed by atoms with E-state index in [0.717, 1.165) is 83.5 Å². The number of nitrogens with one attached hydrogen (secondary N) is 1. The number of hydrogen-bond acceptors (Lipinski definition) is 5. The van der Waals surface area contributed by atoms with Crippen LogP contribution in [0.15, 0.2) is 122 Å². The van der Waals surface area contributed by atoms with Gasteiger partial charge in [0.15, 0.2) is 0 Å². The predicted molar refractivity (Wildman–Crippen MR) is 273 cm³/mol. The highest BCUT2D eigenvalue weighted by molar-refractivity contribution is 5.77. The summed E-state index contributed by atoms with van der Waals surface area (Å²) in [5, 5.41) is 23.7. The zero-order valence-corrected chi connectivity index (χ0v) is 40.4.